The van der Waals surface area contributed by atoms with Gasteiger partial charge in [0.05, 0.1) is 11.4 Å². The normalized spacial score (nSPS) is 12.7. The summed E-state index contributed by atoms with van der Waals surface area (Å²) in [6.07, 6.45) is 4.99. The first-order valence-corrected chi connectivity index (χ1v) is 9.45. The molecule has 0 unspecified atom stereocenters. The van der Waals surface area contributed by atoms with Crippen LogP contribution in [-0.4, -0.2) is 39.5 Å². The summed E-state index contributed by atoms with van der Waals surface area (Å²) in [5.41, 5.74) is 0.884. The van der Waals surface area contributed by atoms with Crippen LogP contribution in [0.5, 0.6) is 0 Å². The number of hydrogen-bond donors (Lipinski definition) is 2. The molecule has 0 radical (unpaired) electrons. The molecule has 1 aromatic rings. The van der Waals surface area contributed by atoms with Crippen LogP contribution in [0.3, 0.4) is 0 Å². The van der Waals surface area contributed by atoms with Gasteiger partial charge in [-0.3, -0.25) is 9.59 Å². The Bertz CT molecular complexity index is 786. The third kappa shape index (κ3) is 6.50. The van der Waals surface area contributed by atoms with Crippen LogP contribution in [0.1, 0.15) is 33.3 Å². The molecule has 0 saturated carbocycles. The maximum absolute atomic E-state index is 12.4. The van der Waals surface area contributed by atoms with Crippen LogP contribution in [0.2, 0.25) is 0 Å². The topological polar surface area (TPSA) is 102 Å². The lowest BCUT2D eigenvalue weighted by atomic mass is 9.87. The molecule has 0 aliphatic rings. The predicted octanol–water partition coefficient (Wildman–Crippen LogP) is 0.944. The summed E-state index contributed by atoms with van der Waals surface area (Å²) < 4.78 is 31.7. The number of carbonyl (C=O) groups excluding carboxylic acids is 2. The second-order valence-corrected chi connectivity index (χ2v) is 8.42. The lowest BCUT2D eigenvalue weighted by Gasteiger charge is -2.19. The Labute approximate surface area is 154 Å². The minimum atomic E-state index is -3.90. The maximum Gasteiger partial charge on any atom is 0.324 e. The van der Waals surface area contributed by atoms with E-state index < -0.39 is 34.5 Å². The van der Waals surface area contributed by atoms with Crippen molar-refractivity contribution in [3.8, 4) is 12.3 Å². The van der Waals surface area contributed by atoms with Crippen LogP contribution >= 0.6 is 0 Å². The first-order chi connectivity index (χ1) is 12.0. The van der Waals surface area contributed by atoms with E-state index in [-0.39, 0.29) is 16.9 Å². The molecule has 1 atom stereocenters. The van der Waals surface area contributed by atoms with Crippen LogP contribution in [-0.2, 0) is 29.8 Å². The van der Waals surface area contributed by atoms with E-state index in [4.69, 9.17) is 11.2 Å². The van der Waals surface area contributed by atoms with Gasteiger partial charge < -0.3 is 10.1 Å². The van der Waals surface area contributed by atoms with Crippen molar-refractivity contribution in [2.75, 3.05) is 13.2 Å². The third-order valence-corrected chi connectivity index (χ3v) is 5.01. The zero-order valence-corrected chi connectivity index (χ0v) is 16.1. The molecule has 142 valence electrons. The van der Waals surface area contributed by atoms with Crippen molar-refractivity contribution in [2.45, 2.75) is 44.0 Å². The Morgan fingerprint density at radius 1 is 1.23 bits per heavy atom. The fourth-order valence-corrected chi connectivity index (χ4v) is 3.14. The van der Waals surface area contributed by atoms with Gasteiger partial charge in [0.2, 0.25) is 10.0 Å². The van der Waals surface area contributed by atoms with Gasteiger partial charge in [0.25, 0.3) is 5.91 Å². The average molecular weight is 380 g/mol. The molecule has 26 heavy (non-hydrogen) atoms. The number of rotatable bonds is 7. The summed E-state index contributed by atoms with van der Waals surface area (Å²) in [4.78, 5) is 23.2. The van der Waals surface area contributed by atoms with Crippen molar-refractivity contribution in [1.82, 2.24) is 10.0 Å². The SMILES string of the molecule is C#CCNC(=O)COC(=O)[C@H](C)NS(=O)(=O)c1ccc(C(C)(C)C)cc1. The average Bonchev–Trinajstić information content (AvgIpc) is 2.56. The molecular formula is C18H24N2O5S. The molecule has 0 saturated heterocycles. The van der Waals surface area contributed by atoms with Gasteiger partial charge in [-0.15, -0.1) is 6.42 Å². The van der Waals surface area contributed by atoms with Crippen molar-refractivity contribution in [1.29, 1.82) is 0 Å². The molecule has 0 bridgehead atoms. The van der Waals surface area contributed by atoms with Gasteiger partial charge in [-0.1, -0.05) is 38.8 Å². The summed E-state index contributed by atoms with van der Waals surface area (Å²) in [7, 11) is -3.90. The highest BCUT2D eigenvalue weighted by Crippen LogP contribution is 2.23. The lowest BCUT2D eigenvalue weighted by molar-refractivity contribution is -0.149. The van der Waals surface area contributed by atoms with E-state index in [2.05, 4.69) is 16.0 Å². The molecule has 0 aromatic heterocycles. The summed E-state index contributed by atoms with van der Waals surface area (Å²) >= 11 is 0. The standard InChI is InChI=1S/C18H24N2O5S/c1-6-11-19-16(21)12-25-17(22)13(2)20-26(23,24)15-9-7-14(8-10-15)18(3,4)5/h1,7-10,13,20H,11-12H2,2-5H3,(H,19,21)/t13-/m0/s1. The number of esters is 1. The van der Waals surface area contributed by atoms with Crippen molar-refractivity contribution in [3.63, 3.8) is 0 Å². The number of hydrogen-bond acceptors (Lipinski definition) is 5. The molecule has 1 rings (SSSR count). The molecular weight excluding hydrogens is 356 g/mol. The zero-order chi connectivity index (χ0) is 20.0. The largest absolute Gasteiger partial charge is 0.454 e. The molecule has 1 aromatic carbocycles. The van der Waals surface area contributed by atoms with Crippen molar-refractivity contribution < 1.29 is 22.7 Å². The quantitative estimate of drug-likeness (QED) is 0.542. The number of amides is 1. The summed E-state index contributed by atoms with van der Waals surface area (Å²) in [6, 6.07) is 5.27. The maximum atomic E-state index is 12.4. The van der Waals surface area contributed by atoms with Crippen molar-refractivity contribution >= 4 is 21.9 Å². The van der Waals surface area contributed by atoms with Crippen LogP contribution in [0, 0.1) is 12.3 Å². The highest BCUT2D eigenvalue weighted by molar-refractivity contribution is 7.89. The minimum Gasteiger partial charge on any atom is -0.454 e. The summed E-state index contributed by atoms with van der Waals surface area (Å²) in [6.45, 7) is 6.88. The van der Waals surface area contributed by atoms with Crippen LogP contribution in [0.15, 0.2) is 29.2 Å². The molecule has 2 N–H and O–H groups in total. The molecule has 0 aliphatic heterocycles. The molecule has 0 fully saturated rings. The Hall–Kier alpha value is -2.37. The molecule has 0 aliphatic carbocycles. The van der Waals surface area contributed by atoms with E-state index >= 15 is 0 Å². The fourth-order valence-electron chi connectivity index (χ4n) is 1.95. The number of ether oxygens (including phenoxy) is 1. The Balaban J connectivity index is 2.69. The number of carbonyl (C=O) groups is 2. The van der Waals surface area contributed by atoms with E-state index in [0.29, 0.717) is 0 Å². The van der Waals surface area contributed by atoms with Gasteiger partial charge in [0.15, 0.2) is 6.61 Å². The van der Waals surface area contributed by atoms with Crippen LogP contribution in [0.4, 0.5) is 0 Å². The number of nitrogens with one attached hydrogen (secondary N) is 2. The van der Waals surface area contributed by atoms with Crippen molar-refractivity contribution in [3.05, 3.63) is 29.8 Å². The van der Waals surface area contributed by atoms with E-state index in [1.54, 1.807) is 12.1 Å². The second-order valence-electron chi connectivity index (χ2n) is 6.71. The molecule has 0 spiro atoms. The smallest absolute Gasteiger partial charge is 0.324 e. The Kier molecular flexibility index (Phi) is 7.36. The van der Waals surface area contributed by atoms with E-state index in [1.165, 1.54) is 19.1 Å². The van der Waals surface area contributed by atoms with E-state index in [0.717, 1.165) is 5.56 Å². The second kappa shape index (κ2) is 8.83. The number of benzene rings is 1. The lowest BCUT2D eigenvalue weighted by Crippen LogP contribution is -2.41. The Morgan fingerprint density at radius 2 is 1.81 bits per heavy atom. The highest BCUT2D eigenvalue weighted by Gasteiger charge is 2.24. The summed E-state index contributed by atoms with van der Waals surface area (Å²) in [5, 5.41) is 2.33. The number of terminal acetylenes is 1. The third-order valence-electron chi connectivity index (χ3n) is 3.45. The van der Waals surface area contributed by atoms with Crippen LogP contribution in [0.25, 0.3) is 0 Å². The molecule has 0 heterocycles. The molecule has 1 amide bonds. The fraction of sp³-hybridized carbons (Fsp3) is 0.444. The highest BCUT2D eigenvalue weighted by atomic mass is 32.2. The molecule has 7 nitrogen and oxygen atoms in total. The monoisotopic (exact) mass is 380 g/mol. The first-order valence-electron chi connectivity index (χ1n) is 7.97. The van der Waals surface area contributed by atoms with Gasteiger partial charge in [-0.25, -0.2) is 8.42 Å². The summed E-state index contributed by atoms with van der Waals surface area (Å²) in [5.74, 6) is 0.777. The predicted molar refractivity (Wildman–Crippen MR) is 97.7 cm³/mol. The van der Waals surface area contributed by atoms with Crippen molar-refractivity contribution in [2.24, 2.45) is 0 Å². The number of sulfonamides is 1. The van der Waals surface area contributed by atoms with Gasteiger partial charge in [0, 0.05) is 0 Å². The van der Waals surface area contributed by atoms with Gasteiger partial charge >= 0.3 is 5.97 Å². The zero-order valence-electron chi connectivity index (χ0n) is 15.3. The Morgan fingerprint density at radius 3 is 2.31 bits per heavy atom. The van der Waals surface area contributed by atoms with Gasteiger partial charge in [-0.2, -0.15) is 4.72 Å². The molecule has 8 heteroatoms. The van der Waals surface area contributed by atoms with E-state index in [9.17, 15) is 18.0 Å². The van der Waals surface area contributed by atoms with Crippen LogP contribution < -0.4 is 10.0 Å². The van der Waals surface area contributed by atoms with Gasteiger partial charge in [-0.05, 0) is 30.0 Å². The van der Waals surface area contributed by atoms with Gasteiger partial charge in [0.1, 0.15) is 6.04 Å². The minimum absolute atomic E-state index is 0.0170. The van der Waals surface area contributed by atoms with E-state index in [1.807, 2.05) is 20.8 Å². The first kappa shape index (κ1) is 21.7.